The number of rotatable bonds is 6. The number of para-hydroxylation sites is 2. The van der Waals surface area contributed by atoms with Gasteiger partial charge in [0.05, 0.1) is 22.6 Å². The molecule has 2 heterocycles. The van der Waals surface area contributed by atoms with Gasteiger partial charge in [0.25, 0.3) is 0 Å². The van der Waals surface area contributed by atoms with Crippen molar-refractivity contribution in [1.82, 2.24) is 4.57 Å². The standard InChI is InChI=1S/C40H30N4/c1-27(14-13-23-41)43-37-22-12-10-20-35(37)39(42)40(43)38-28(2)44(36-21-11-9-19-34(36)38)33-25-31(29-15-5-3-6-16-29)24-32(26-33)30-17-7-4-8-18-30/h3-26,41-42H,1-2H2/b14-13-,40-38-,41-23?,42-39?. The summed E-state index contributed by atoms with van der Waals surface area (Å²) in [5, 5.41) is 19.6. The van der Waals surface area contributed by atoms with E-state index in [4.69, 9.17) is 5.41 Å². The Hall–Kier alpha value is -6.00. The summed E-state index contributed by atoms with van der Waals surface area (Å²) < 4.78 is 2.21. The van der Waals surface area contributed by atoms with Gasteiger partial charge >= 0.3 is 0 Å². The number of fused-ring (bicyclic) bond motifs is 2. The summed E-state index contributed by atoms with van der Waals surface area (Å²) in [4.78, 5) is 2.02. The summed E-state index contributed by atoms with van der Waals surface area (Å²) in [5.41, 5.74) is 10.0. The van der Waals surface area contributed by atoms with Crippen LogP contribution in [0.25, 0.3) is 51.1 Å². The number of hydrogen-bond acceptors (Lipinski definition) is 3. The van der Waals surface area contributed by atoms with Gasteiger partial charge in [-0.3, -0.25) is 5.41 Å². The molecule has 44 heavy (non-hydrogen) atoms. The maximum Gasteiger partial charge on any atom is 0.0881 e. The number of nitrogens with one attached hydrogen (secondary N) is 2. The Morgan fingerprint density at radius 2 is 1.27 bits per heavy atom. The molecule has 0 aliphatic carbocycles. The molecular formula is C40H30N4. The van der Waals surface area contributed by atoms with Crippen molar-refractivity contribution in [3.63, 3.8) is 0 Å². The van der Waals surface area contributed by atoms with Crippen LogP contribution in [0.3, 0.4) is 0 Å². The molecule has 0 unspecified atom stereocenters. The Kier molecular flexibility index (Phi) is 6.72. The van der Waals surface area contributed by atoms with Gasteiger partial charge in [0.15, 0.2) is 0 Å². The van der Waals surface area contributed by atoms with E-state index in [1.54, 1.807) is 12.2 Å². The van der Waals surface area contributed by atoms with Crippen LogP contribution in [-0.2, 0) is 0 Å². The Balaban J connectivity index is 1.57. The van der Waals surface area contributed by atoms with Gasteiger partial charge in [-0.2, -0.15) is 0 Å². The van der Waals surface area contributed by atoms with Crippen LogP contribution in [-0.4, -0.2) is 16.5 Å². The van der Waals surface area contributed by atoms with Crippen LogP contribution in [0, 0.1) is 10.8 Å². The summed E-state index contributed by atoms with van der Waals surface area (Å²) in [6.07, 6.45) is 4.69. The molecule has 4 heteroatoms. The van der Waals surface area contributed by atoms with Crippen molar-refractivity contribution in [2.75, 3.05) is 4.90 Å². The summed E-state index contributed by atoms with van der Waals surface area (Å²) in [5.74, 6) is 0. The number of allylic oxidation sites excluding steroid dienone is 2. The first-order chi connectivity index (χ1) is 21.6. The molecule has 5 aromatic carbocycles. The quantitative estimate of drug-likeness (QED) is 0.155. The van der Waals surface area contributed by atoms with Crippen LogP contribution in [0.4, 0.5) is 5.69 Å². The van der Waals surface area contributed by atoms with Crippen molar-refractivity contribution < 1.29 is 0 Å². The average Bonchev–Trinajstić information content (AvgIpc) is 3.53. The lowest BCUT2D eigenvalue weighted by Gasteiger charge is -2.21. The van der Waals surface area contributed by atoms with Crippen LogP contribution < -0.4 is 15.5 Å². The van der Waals surface area contributed by atoms with E-state index in [0.717, 1.165) is 66.4 Å². The van der Waals surface area contributed by atoms with Crippen molar-refractivity contribution in [2.45, 2.75) is 0 Å². The minimum absolute atomic E-state index is 0.417. The lowest BCUT2D eigenvalue weighted by molar-refractivity contribution is 1.07. The number of nitrogens with zero attached hydrogens (tertiary/aromatic N) is 2. The van der Waals surface area contributed by atoms with Crippen LogP contribution in [0.5, 0.6) is 0 Å². The number of hydrogen-bond donors (Lipinski definition) is 2. The number of benzene rings is 5. The summed E-state index contributed by atoms with van der Waals surface area (Å²) >= 11 is 0. The summed E-state index contributed by atoms with van der Waals surface area (Å²) in [6, 6.07) is 43.8. The molecule has 0 saturated heterocycles. The van der Waals surface area contributed by atoms with E-state index in [0.29, 0.717) is 11.4 Å². The average molecular weight is 567 g/mol. The first kappa shape index (κ1) is 26.9. The monoisotopic (exact) mass is 566 g/mol. The number of aromatic nitrogens is 1. The molecule has 0 bridgehead atoms. The predicted molar refractivity (Wildman–Crippen MR) is 185 cm³/mol. The van der Waals surface area contributed by atoms with Crippen molar-refractivity contribution in [2.24, 2.45) is 0 Å². The molecule has 0 spiro atoms. The second-order valence-electron chi connectivity index (χ2n) is 10.8. The SMILES string of the molecule is C=C(/C=C\C=N)N1/C(=c2/c(=C)n(-c3cc(-c4ccccc4)cc(-c4ccccc4)c3)c3ccccc23)C(=N)c2ccccc21. The zero-order valence-electron chi connectivity index (χ0n) is 24.2. The maximum atomic E-state index is 9.38. The fourth-order valence-corrected chi connectivity index (χ4v) is 6.20. The Labute approximate surface area is 256 Å². The van der Waals surface area contributed by atoms with Crippen molar-refractivity contribution in [3.05, 3.63) is 168 Å². The summed E-state index contributed by atoms with van der Waals surface area (Å²) in [6.45, 7) is 9.01. The molecule has 1 aliphatic rings. The van der Waals surface area contributed by atoms with Gasteiger partial charge in [0, 0.05) is 39.1 Å². The fourth-order valence-electron chi connectivity index (χ4n) is 6.20. The molecule has 6 aromatic rings. The van der Waals surface area contributed by atoms with Gasteiger partial charge in [-0.05, 0) is 64.7 Å². The van der Waals surface area contributed by atoms with Gasteiger partial charge < -0.3 is 14.9 Å². The number of anilines is 1. The minimum Gasteiger partial charge on any atom is -0.310 e. The zero-order chi connectivity index (χ0) is 30.2. The fraction of sp³-hybridized carbons (Fsp3) is 0. The third-order valence-corrected chi connectivity index (χ3v) is 8.15. The van der Waals surface area contributed by atoms with Gasteiger partial charge in [0.1, 0.15) is 0 Å². The third-order valence-electron chi connectivity index (χ3n) is 8.15. The summed E-state index contributed by atoms with van der Waals surface area (Å²) in [7, 11) is 0. The first-order valence-electron chi connectivity index (χ1n) is 14.5. The van der Waals surface area contributed by atoms with Crippen LogP contribution in [0.15, 0.2) is 152 Å². The van der Waals surface area contributed by atoms with E-state index in [9.17, 15) is 5.41 Å². The van der Waals surface area contributed by atoms with Gasteiger partial charge in [0.2, 0.25) is 0 Å². The predicted octanol–water partition coefficient (Wildman–Crippen LogP) is 8.09. The minimum atomic E-state index is 0.417. The van der Waals surface area contributed by atoms with Crippen molar-refractivity contribution >= 4 is 40.8 Å². The van der Waals surface area contributed by atoms with Gasteiger partial charge in [-0.1, -0.05) is 110 Å². The molecule has 0 saturated carbocycles. The van der Waals surface area contributed by atoms with Crippen molar-refractivity contribution in [3.8, 4) is 27.9 Å². The smallest absolute Gasteiger partial charge is 0.0881 e. The van der Waals surface area contributed by atoms with E-state index in [2.05, 4.69) is 96.6 Å². The molecule has 0 radical (unpaired) electrons. The topological polar surface area (TPSA) is 55.9 Å². The Bertz CT molecular complexity index is 2180. The zero-order valence-corrected chi connectivity index (χ0v) is 24.2. The highest BCUT2D eigenvalue weighted by Crippen LogP contribution is 2.38. The Morgan fingerprint density at radius 1 is 0.682 bits per heavy atom. The van der Waals surface area contributed by atoms with Crippen LogP contribution >= 0.6 is 0 Å². The van der Waals surface area contributed by atoms with Crippen molar-refractivity contribution in [1.29, 1.82) is 10.8 Å². The third kappa shape index (κ3) is 4.41. The van der Waals surface area contributed by atoms with E-state index in [1.807, 2.05) is 53.4 Å². The first-order valence-corrected chi connectivity index (χ1v) is 14.5. The molecule has 1 aromatic heterocycles. The molecule has 0 fully saturated rings. The molecule has 0 amide bonds. The highest BCUT2D eigenvalue weighted by atomic mass is 15.2. The second kappa shape index (κ2) is 11.0. The molecule has 0 atom stereocenters. The molecule has 4 nitrogen and oxygen atoms in total. The maximum absolute atomic E-state index is 9.38. The van der Waals surface area contributed by atoms with Gasteiger partial charge in [-0.25, -0.2) is 0 Å². The molecule has 2 N–H and O–H groups in total. The second-order valence-corrected chi connectivity index (χ2v) is 10.8. The highest BCUT2D eigenvalue weighted by molar-refractivity contribution is 6.36. The van der Waals surface area contributed by atoms with E-state index < -0.39 is 0 Å². The van der Waals surface area contributed by atoms with Gasteiger partial charge in [-0.15, -0.1) is 0 Å². The lowest BCUT2D eigenvalue weighted by atomic mass is 9.98. The molecule has 1 aliphatic heterocycles. The van der Waals surface area contributed by atoms with E-state index in [1.165, 1.54) is 6.21 Å². The lowest BCUT2D eigenvalue weighted by Crippen LogP contribution is -2.35. The molecule has 7 rings (SSSR count). The highest BCUT2D eigenvalue weighted by Gasteiger charge is 2.32. The Morgan fingerprint density at radius 3 is 1.93 bits per heavy atom. The van der Waals surface area contributed by atoms with Crippen LogP contribution in [0.2, 0.25) is 0 Å². The van der Waals surface area contributed by atoms with E-state index >= 15 is 0 Å². The molecular weight excluding hydrogens is 536 g/mol. The van der Waals surface area contributed by atoms with E-state index in [-0.39, 0.29) is 0 Å². The normalized spacial score (nSPS) is 13.9. The molecule has 210 valence electrons. The largest absolute Gasteiger partial charge is 0.310 e. The van der Waals surface area contributed by atoms with Crippen LogP contribution in [0.1, 0.15) is 5.56 Å².